The first-order valence-corrected chi connectivity index (χ1v) is 7.48. The number of hydrazine groups is 1. The standard InChI is InChI=1S/C15H22ClN5/c1-10(2)8-21-15(18-9-19-21)7-14(20-17)13-6-12(16)5-4-11(13)3/h4-6,9-10,14,20H,7-8,17H2,1-3H3. The van der Waals surface area contributed by atoms with Gasteiger partial charge in [-0.3, -0.25) is 11.3 Å². The van der Waals surface area contributed by atoms with Crippen molar-refractivity contribution in [1.82, 2.24) is 20.2 Å². The number of halogens is 1. The monoisotopic (exact) mass is 307 g/mol. The van der Waals surface area contributed by atoms with Crippen molar-refractivity contribution in [3.63, 3.8) is 0 Å². The van der Waals surface area contributed by atoms with Crippen molar-refractivity contribution in [3.05, 3.63) is 46.5 Å². The summed E-state index contributed by atoms with van der Waals surface area (Å²) in [6.45, 7) is 7.21. The summed E-state index contributed by atoms with van der Waals surface area (Å²) >= 11 is 6.10. The summed E-state index contributed by atoms with van der Waals surface area (Å²) in [5.74, 6) is 7.18. The molecule has 1 aromatic heterocycles. The molecule has 0 saturated heterocycles. The van der Waals surface area contributed by atoms with Gasteiger partial charge in [0.15, 0.2) is 0 Å². The Balaban J connectivity index is 2.23. The van der Waals surface area contributed by atoms with Crippen LogP contribution < -0.4 is 11.3 Å². The van der Waals surface area contributed by atoms with Gasteiger partial charge >= 0.3 is 0 Å². The number of nitrogens with two attached hydrogens (primary N) is 1. The van der Waals surface area contributed by atoms with E-state index >= 15 is 0 Å². The largest absolute Gasteiger partial charge is 0.271 e. The van der Waals surface area contributed by atoms with Gasteiger partial charge in [0.25, 0.3) is 0 Å². The Morgan fingerprint density at radius 1 is 1.38 bits per heavy atom. The van der Waals surface area contributed by atoms with Crippen LogP contribution in [0.5, 0.6) is 0 Å². The summed E-state index contributed by atoms with van der Waals surface area (Å²) in [4.78, 5) is 4.36. The highest BCUT2D eigenvalue weighted by Crippen LogP contribution is 2.24. The van der Waals surface area contributed by atoms with E-state index in [-0.39, 0.29) is 6.04 Å². The molecule has 114 valence electrons. The normalized spacial score (nSPS) is 12.9. The zero-order valence-electron chi connectivity index (χ0n) is 12.7. The highest BCUT2D eigenvalue weighted by molar-refractivity contribution is 6.30. The lowest BCUT2D eigenvalue weighted by Crippen LogP contribution is -2.31. The highest BCUT2D eigenvalue weighted by atomic mass is 35.5. The number of hydrogen-bond donors (Lipinski definition) is 2. The van der Waals surface area contributed by atoms with Gasteiger partial charge < -0.3 is 0 Å². The predicted octanol–water partition coefficient (Wildman–Crippen LogP) is 2.64. The lowest BCUT2D eigenvalue weighted by atomic mass is 9.99. The third-order valence-electron chi connectivity index (χ3n) is 3.44. The van der Waals surface area contributed by atoms with E-state index in [0.717, 1.165) is 23.5 Å². The Morgan fingerprint density at radius 3 is 2.81 bits per heavy atom. The molecule has 21 heavy (non-hydrogen) atoms. The minimum atomic E-state index is -0.0428. The van der Waals surface area contributed by atoms with Gasteiger partial charge in [-0.1, -0.05) is 31.5 Å². The molecule has 0 saturated carbocycles. The minimum absolute atomic E-state index is 0.0428. The van der Waals surface area contributed by atoms with E-state index in [2.05, 4.69) is 36.3 Å². The Bertz CT molecular complexity index is 593. The average Bonchev–Trinajstić information content (AvgIpc) is 2.85. The Hall–Kier alpha value is -1.43. The van der Waals surface area contributed by atoms with Gasteiger partial charge in [0.1, 0.15) is 12.2 Å². The van der Waals surface area contributed by atoms with E-state index in [4.69, 9.17) is 17.4 Å². The predicted molar refractivity (Wildman–Crippen MR) is 84.8 cm³/mol. The second-order valence-electron chi connectivity index (χ2n) is 5.68. The Labute approximate surface area is 130 Å². The second-order valence-corrected chi connectivity index (χ2v) is 6.11. The van der Waals surface area contributed by atoms with E-state index in [9.17, 15) is 0 Å². The molecule has 0 bridgehead atoms. The van der Waals surface area contributed by atoms with Crippen molar-refractivity contribution in [3.8, 4) is 0 Å². The SMILES string of the molecule is Cc1ccc(Cl)cc1C(Cc1ncnn1CC(C)C)NN. The molecule has 0 aliphatic carbocycles. The fourth-order valence-corrected chi connectivity index (χ4v) is 2.55. The molecular weight excluding hydrogens is 286 g/mol. The first-order chi connectivity index (χ1) is 10.0. The molecule has 2 aromatic rings. The van der Waals surface area contributed by atoms with Crippen LogP contribution in [0.3, 0.4) is 0 Å². The van der Waals surface area contributed by atoms with Crippen molar-refractivity contribution in [2.45, 2.75) is 39.8 Å². The number of aryl methyl sites for hydroxylation is 1. The zero-order chi connectivity index (χ0) is 15.4. The molecule has 2 rings (SSSR count). The maximum absolute atomic E-state index is 6.10. The van der Waals surface area contributed by atoms with Crippen molar-refractivity contribution in [2.24, 2.45) is 11.8 Å². The van der Waals surface area contributed by atoms with Gasteiger partial charge in [-0.2, -0.15) is 5.10 Å². The van der Waals surface area contributed by atoms with Gasteiger partial charge in [-0.05, 0) is 36.1 Å². The van der Waals surface area contributed by atoms with Crippen LogP contribution in [0.1, 0.15) is 36.8 Å². The van der Waals surface area contributed by atoms with E-state index in [1.165, 1.54) is 0 Å². The lowest BCUT2D eigenvalue weighted by molar-refractivity contribution is 0.446. The van der Waals surface area contributed by atoms with Crippen LogP contribution in [0, 0.1) is 12.8 Å². The summed E-state index contributed by atoms with van der Waals surface area (Å²) in [6, 6.07) is 5.79. The number of aromatic nitrogens is 3. The topological polar surface area (TPSA) is 68.8 Å². The molecule has 0 aliphatic heterocycles. The van der Waals surface area contributed by atoms with Crippen molar-refractivity contribution in [1.29, 1.82) is 0 Å². The molecule has 1 heterocycles. The molecule has 1 atom stereocenters. The van der Waals surface area contributed by atoms with E-state index in [0.29, 0.717) is 17.4 Å². The fourth-order valence-electron chi connectivity index (χ4n) is 2.37. The minimum Gasteiger partial charge on any atom is -0.271 e. The first-order valence-electron chi connectivity index (χ1n) is 7.10. The van der Waals surface area contributed by atoms with Gasteiger partial charge in [-0.15, -0.1) is 0 Å². The number of benzene rings is 1. The van der Waals surface area contributed by atoms with Gasteiger partial charge in [0.2, 0.25) is 0 Å². The second kappa shape index (κ2) is 7.02. The molecule has 0 amide bonds. The summed E-state index contributed by atoms with van der Waals surface area (Å²) in [7, 11) is 0. The van der Waals surface area contributed by atoms with Crippen LogP contribution in [0.25, 0.3) is 0 Å². The van der Waals surface area contributed by atoms with E-state index in [1.807, 2.05) is 22.9 Å². The van der Waals surface area contributed by atoms with Crippen LogP contribution in [0.15, 0.2) is 24.5 Å². The summed E-state index contributed by atoms with van der Waals surface area (Å²) in [5, 5.41) is 5.00. The molecule has 0 spiro atoms. The molecule has 1 unspecified atom stereocenters. The van der Waals surface area contributed by atoms with Crippen molar-refractivity contribution < 1.29 is 0 Å². The van der Waals surface area contributed by atoms with Crippen molar-refractivity contribution >= 4 is 11.6 Å². The van der Waals surface area contributed by atoms with E-state index in [1.54, 1.807) is 6.33 Å². The van der Waals surface area contributed by atoms with Gasteiger partial charge in [0.05, 0.1) is 6.04 Å². The fraction of sp³-hybridized carbons (Fsp3) is 0.467. The number of nitrogens with zero attached hydrogens (tertiary/aromatic N) is 3. The Kier molecular flexibility index (Phi) is 5.33. The molecule has 5 nitrogen and oxygen atoms in total. The Morgan fingerprint density at radius 2 is 2.14 bits per heavy atom. The highest BCUT2D eigenvalue weighted by Gasteiger charge is 2.17. The lowest BCUT2D eigenvalue weighted by Gasteiger charge is -2.19. The molecular formula is C15H22ClN5. The number of hydrogen-bond acceptors (Lipinski definition) is 4. The molecule has 0 aliphatic rings. The molecule has 3 N–H and O–H groups in total. The molecule has 0 fully saturated rings. The van der Waals surface area contributed by atoms with Gasteiger partial charge in [-0.25, -0.2) is 9.67 Å². The molecule has 6 heteroatoms. The van der Waals surface area contributed by atoms with Crippen LogP contribution >= 0.6 is 11.6 Å². The van der Waals surface area contributed by atoms with Crippen LogP contribution in [-0.4, -0.2) is 14.8 Å². The van der Waals surface area contributed by atoms with Gasteiger partial charge in [0, 0.05) is 18.0 Å². The molecule has 1 aromatic carbocycles. The smallest absolute Gasteiger partial charge is 0.138 e. The molecule has 0 radical (unpaired) electrons. The summed E-state index contributed by atoms with van der Waals surface area (Å²) in [6.07, 6.45) is 2.26. The van der Waals surface area contributed by atoms with E-state index < -0.39 is 0 Å². The average molecular weight is 308 g/mol. The van der Waals surface area contributed by atoms with Crippen LogP contribution in [0.4, 0.5) is 0 Å². The quantitative estimate of drug-likeness (QED) is 0.636. The summed E-state index contributed by atoms with van der Waals surface area (Å²) < 4.78 is 1.94. The third-order valence-corrected chi connectivity index (χ3v) is 3.67. The summed E-state index contributed by atoms with van der Waals surface area (Å²) in [5.41, 5.74) is 5.10. The zero-order valence-corrected chi connectivity index (χ0v) is 13.4. The van der Waals surface area contributed by atoms with Crippen LogP contribution in [0.2, 0.25) is 5.02 Å². The van der Waals surface area contributed by atoms with Crippen LogP contribution in [-0.2, 0) is 13.0 Å². The number of nitrogens with one attached hydrogen (secondary N) is 1. The van der Waals surface area contributed by atoms with Crippen molar-refractivity contribution in [2.75, 3.05) is 0 Å². The first kappa shape index (κ1) is 15.9. The maximum atomic E-state index is 6.10. The maximum Gasteiger partial charge on any atom is 0.138 e. The number of rotatable bonds is 6. The third kappa shape index (κ3) is 4.03.